The van der Waals surface area contributed by atoms with Gasteiger partial charge in [-0.3, -0.25) is 19.3 Å². The third-order valence-corrected chi connectivity index (χ3v) is 4.86. The van der Waals surface area contributed by atoms with Crippen LogP contribution in [0.5, 0.6) is 0 Å². The Morgan fingerprint density at radius 1 is 1.35 bits per heavy atom. The molecule has 0 unspecified atom stereocenters. The second kappa shape index (κ2) is 7.86. The van der Waals surface area contributed by atoms with Crippen molar-refractivity contribution in [2.24, 2.45) is 0 Å². The van der Waals surface area contributed by atoms with Crippen LogP contribution in [0.1, 0.15) is 18.9 Å². The van der Waals surface area contributed by atoms with Gasteiger partial charge in [0.2, 0.25) is 5.91 Å². The average molecular weight is 373 g/mol. The van der Waals surface area contributed by atoms with Crippen molar-refractivity contribution in [2.45, 2.75) is 13.3 Å². The van der Waals surface area contributed by atoms with Gasteiger partial charge in [-0.25, -0.2) is 0 Å². The fourth-order valence-corrected chi connectivity index (χ4v) is 3.12. The van der Waals surface area contributed by atoms with E-state index in [2.05, 4.69) is 5.32 Å². The van der Waals surface area contributed by atoms with Crippen LogP contribution in [0.2, 0.25) is 10.0 Å². The summed E-state index contributed by atoms with van der Waals surface area (Å²) in [5, 5.41) is 2.97. The highest BCUT2D eigenvalue weighted by Gasteiger charge is 2.34. The highest BCUT2D eigenvalue weighted by molar-refractivity contribution is 8.18. The molecule has 0 spiro atoms. The molecule has 0 radical (unpaired) electrons. The Kier molecular flexibility index (Phi) is 6.10. The summed E-state index contributed by atoms with van der Waals surface area (Å²) in [7, 11) is 0. The zero-order valence-electron chi connectivity index (χ0n) is 12.3. The van der Waals surface area contributed by atoms with Gasteiger partial charge in [-0.15, -0.1) is 0 Å². The van der Waals surface area contributed by atoms with E-state index in [0.717, 1.165) is 16.7 Å². The van der Waals surface area contributed by atoms with Crippen molar-refractivity contribution in [1.29, 1.82) is 0 Å². The Hall–Kier alpha value is -1.50. The topological polar surface area (TPSA) is 66.5 Å². The first kappa shape index (κ1) is 17.8. The zero-order valence-corrected chi connectivity index (χ0v) is 14.6. The summed E-state index contributed by atoms with van der Waals surface area (Å²) in [4.78, 5) is 36.8. The fourth-order valence-electron chi connectivity index (χ4n) is 1.90. The summed E-state index contributed by atoms with van der Waals surface area (Å²) < 4.78 is 0. The monoisotopic (exact) mass is 372 g/mol. The molecule has 1 fully saturated rings. The molecule has 1 aromatic carbocycles. The van der Waals surface area contributed by atoms with E-state index >= 15 is 0 Å². The molecule has 8 heteroatoms. The first-order valence-corrected chi connectivity index (χ1v) is 8.47. The molecule has 0 atom stereocenters. The minimum Gasteiger partial charge on any atom is -0.354 e. The molecule has 1 aliphatic rings. The predicted molar refractivity (Wildman–Crippen MR) is 92.4 cm³/mol. The molecule has 2 rings (SSSR count). The van der Waals surface area contributed by atoms with Gasteiger partial charge in [0.1, 0.15) is 0 Å². The maximum Gasteiger partial charge on any atom is 0.293 e. The maximum absolute atomic E-state index is 12.3. The van der Waals surface area contributed by atoms with Gasteiger partial charge in [0.05, 0.1) is 15.0 Å². The van der Waals surface area contributed by atoms with Crippen molar-refractivity contribution in [1.82, 2.24) is 10.2 Å². The van der Waals surface area contributed by atoms with Gasteiger partial charge in [0.25, 0.3) is 11.1 Å². The van der Waals surface area contributed by atoms with Gasteiger partial charge >= 0.3 is 0 Å². The van der Waals surface area contributed by atoms with Crippen molar-refractivity contribution in [3.63, 3.8) is 0 Å². The van der Waals surface area contributed by atoms with Gasteiger partial charge in [-0.2, -0.15) is 0 Å². The maximum atomic E-state index is 12.3. The van der Waals surface area contributed by atoms with Crippen LogP contribution in [0.4, 0.5) is 4.79 Å². The largest absolute Gasteiger partial charge is 0.354 e. The smallest absolute Gasteiger partial charge is 0.293 e. The van der Waals surface area contributed by atoms with Crippen LogP contribution in [-0.4, -0.2) is 35.0 Å². The fraction of sp³-hybridized carbons (Fsp3) is 0.267. The minimum atomic E-state index is -0.401. The molecule has 1 saturated heterocycles. The van der Waals surface area contributed by atoms with E-state index in [1.807, 2.05) is 0 Å². The quantitative estimate of drug-likeness (QED) is 0.802. The molecule has 0 aliphatic carbocycles. The molecule has 0 bridgehead atoms. The van der Waals surface area contributed by atoms with E-state index in [1.165, 1.54) is 0 Å². The highest BCUT2D eigenvalue weighted by atomic mass is 35.5. The van der Waals surface area contributed by atoms with E-state index in [9.17, 15) is 14.4 Å². The van der Waals surface area contributed by atoms with Crippen molar-refractivity contribution < 1.29 is 14.4 Å². The van der Waals surface area contributed by atoms with Crippen LogP contribution in [0.25, 0.3) is 6.08 Å². The van der Waals surface area contributed by atoms with Crippen molar-refractivity contribution in [3.8, 4) is 0 Å². The van der Waals surface area contributed by atoms with Crippen LogP contribution in [-0.2, 0) is 9.59 Å². The van der Waals surface area contributed by atoms with Crippen molar-refractivity contribution in [3.05, 3.63) is 38.7 Å². The lowest BCUT2D eigenvalue weighted by Crippen LogP contribution is -2.37. The number of amides is 3. The van der Waals surface area contributed by atoms with Gasteiger partial charge in [0.15, 0.2) is 0 Å². The molecule has 1 heterocycles. The summed E-state index contributed by atoms with van der Waals surface area (Å²) in [5.41, 5.74) is 0.573. The Morgan fingerprint density at radius 3 is 2.78 bits per heavy atom. The van der Waals surface area contributed by atoms with E-state index in [1.54, 1.807) is 31.2 Å². The molecular formula is C15H14Cl2N2O3S. The Balaban J connectivity index is 2.10. The molecule has 1 aromatic rings. The highest BCUT2D eigenvalue weighted by Crippen LogP contribution is 2.34. The summed E-state index contributed by atoms with van der Waals surface area (Å²) in [6, 6.07) is 5.07. The summed E-state index contributed by atoms with van der Waals surface area (Å²) in [6.45, 7) is 2.10. The molecule has 0 aromatic heterocycles. The first-order valence-electron chi connectivity index (χ1n) is 6.90. The number of nitrogens with one attached hydrogen (secondary N) is 1. The average Bonchev–Trinajstić information content (AvgIpc) is 2.79. The molecular weight excluding hydrogens is 359 g/mol. The van der Waals surface area contributed by atoms with Gasteiger partial charge < -0.3 is 5.32 Å². The lowest BCUT2D eigenvalue weighted by atomic mass is 10.2. The number of rotatable bonds is 5. The van der Waals surface area contributed by atoms with Crippen LogP contribution in [0, 0.1) is 0 Å². The second-order valence-electron chi connectivity index (χ2n) is 4.68. The van der Waals surface area contributed by atoms with E-state index in [-0.39, 0.29) is 29.1 Å². The number of nitrogens with zero attached hydrogens (tertiary/aromatic N) is 1. The predicted octanol–water partition coefficient (Wildman–Crippen LogP) is 3.56. The van der Waals surface area contributed by atoms with Crippen LogP contribution < -0.4 is 5.32 Å². The number of halogens is 2. The number of carbonyl (C=O) groups is 3. The first-order chi connectivity index (χ1) is 10.9. The van der Waals surface area contributed by atoms with Gasteiger partial charge in [-0.1, -0.05) is 42.3 Å². The second-order valence-corrected chi connectivity index (χ2v) is 6.46. The van der Waals surface area contributed by atoms with Crippen molar-refractivity contribution >= 4 is 58.1 Å². The number of hydrogen-bond donors (Lipinski definition) is 1. The number of hydrogen-bond acceptors (Lipinski definition) is 4. The van der Waals surface area contributed by atoms with Gasteiger partial charge in [-0.05, 0) is 29.5 Å². The normalized spacial score (nSPS) is 16.3. The van der Waals surface area contributed by atoms with E-state index in [4.69, 9.17) is 23.2 Å². The summed E-state index contributed by atoms with van der Waals surface area (Å²) in [5.74, 6) is -0.528. The van der Waals surface area contributed by atoms with E-state index < -0.39 is 5.91 Å². The number of carbonyl (C=O) groups excluding carboxylic acids is 3. The Labute approximate surface area is 148 Å². The summed E-state index contributed by atoms with van der Waals surface area (Å²) in [6.07, 6.45) is 1.90. The molecule has 1 aliphatic heterocycles. The third-order valence-electron chi connectivity index (χ3n) is 3.12. The molecule has 122 valence electrons. The molecule has 23 heavy (non-hydrogen) atoms. The SMILES string of the molecule is CCC(=O)NCCN1C(=O)S/C(=C\c2cccc(Cl)c2Cl)C1=O. The van der Waals surface area contributed by atoms with Crippen LogP contribution in [0.15, 0.2) is 23.1 Å². The van der Waals surface area contributed by atoms with E-state index in [0.29, 0.717) is 22.0 Å². The van der Waals surface area contributed by atoms with Crippen LogP contribution in [0.3, 0.4) is 0 Å². The molecule has 0 saturated carbocycles. The number of thioether (sulfide) groups is 1. The van der Waals surface area contributed by atoms with Crippen molar-refractivity contribution in [2.75, 3.05) is 13.1 Å². The zero-order chi connectivity index (χ0) is 17.0. The lowest BCUT2D eigenvalue weighted by Gasteiger charge is -2.12. The standard InChI is InChI=1S/C15H14Cl2N2O3S/c1-2-12(20)18-6-7-19-14(21)11(23-15(19)22)8-9-4-3-5-10(16)13(9)17/h3-5,8H,2,6-7H2,1H3,(H,18,20)/b11-8-. The lowest BCUT2D eigenvalue weighted by molar-refractivity contribution is -0.124. The summed E-state index contributed by atoms with van der Waals surface area (Å²) >= 11 is 12.9. The van der Waals surface area contributed by atoms with Crippen LogP contribution >= 0.6 is 35.0 Å². The number of benzene rings is 1. The third kappa shape index (κ3) is 4.28. The molecule has 1 N–H and O–H groups in total. The minimum absolute atomic E-state index is 0.127. The molecule has 3 amide bonds. The van der Waals surface area contributed by atoms with Gasteiger partial charge in [0, 0.05) is 19.5 Å². The molecule has 5 nitrogen and oxygen atoms in total. The number of imide groups is 1. The Morgan fingerprint density at radius 2 is 2.09 bits per heavy atom. The Bertz CT molecular complexity index is 691.